The van der Waals surface area contributed by atoms with Gasteiger partial charge in [0.1, 0.15) is 18.0 Å². The third-order valence-electron chi connectivity index (χ3n) is 9.46. The van der Waals surface area contributed by atoms with Crippen molar-refractivity contribution in [2.45, 2.75) is 83.3 Å². The number of aromatic nitrogens is 1. The first-order valence-corrected chi connectivity index (χ1v) is 18.0. The minimum atomic E-state index is -1.39. The van der Waals surface area contributed by atoms with Gasteiger partial charge in [-0.15, -0.1) is 0 Å². The number of benzene rings is 3. The number of aliphatic hydroxyl groups is 2. The van der Waals surface area contributed by atoms with Crippen LogP contribution in [0.15, 0.2) is 91.3 Å². The van der Waals surface area contributed by atoms with E-state index in [2.05, 4.69) is 21.3 Å². The second kappa shape index (κ2) is 18.2. The van der Waals surface area contributed by atoms with Crippen LogP contribution in [0.2, 0.25) is 0 Å². The summed E-state index contributed by atoms with van der Waals surface area (Å²) < 4.78 is 13.6. The lowest BCUT2D eigenvalue weighted by molar-refractivity contribution is -0.242. The van der Waals surface area contributed by atoms with Gasteiger partial charge in [-0.25, -0.2) is 0 Å². The fraction of sp³-hybridized carbons (Fsp3) is 0.390. The van der Waals surface area contributed by atoms with E-state index in [1.165, 1.54) is 6.92 Å². The molecule has 12 heteroatoms. The van der Waals surface area contributed by atoms with Crippen LogP contribution >= 0.6 is 0 Å². The molecule has 0 radical (unpaired) electrons. The van der Waals surface area contributed by atoms with Gasteiger partial charge >= 0.3 is 0 Å². The molecule has 0 bridgehead atoms. The molecule has 53 heavy (non-hydrogen) atoms. The number of fused-ring (bicyclic) bond motifs is 1. The molecule has 0 aliphatic carbocycles. The first-order chi connectivity index (χ1) is 25.4. The van der Waals surface area contributed by atoms with Crippen molar-refractivity contribution < 1.29 is 34.1 Å². The highest BCUT2D eigenvalue weighted by atomic mass is 16.7. The molecular formula is C41H51N5O7. The molecule has 2 heterocycles. The summed E-state index contributed by atoms with van der Waals surface area (Å²) in [5.41, 5.74) is 3.94. The molecule has 4 aromatic rings. The number of hydrogen-bond donors (Lipinski definition) is 6. The molecule has 7 atom stereocenters. The molecule has 0 saturated carbocycles. The van der Waals surface area contributed by atoms with Gasteiger partial charge < -0.3 is 40.2 Å². The van der Waals surface area contributed by atoms with E-state index in [0.29, 0.717) is 25.1 Å². The number of carbonyl (C=O) groups is 3. The first kappa shape index (κ1) is 39.2. The molecule has 1 fully saturated rings. The van der Waals surface area contributed by atoms with E-state index in [1.54, 1.807) is 43.5 Å². The molecule has 1 saturated heterocycles. The monoisotopic (exact) mass is 725 g/mol. The molecular weight excluding hydrogens is 674 g/mol. The van der Waals surface area contributed by atoms with Crippen LogP contribution in [0.4, 0.5) is 0 Å². The number of amides is 3. The summed E-state index contributed by atoms with van der Waals surface area (Å²) in [6.45, 7) is 7.41. The van der Waals surface area contributed by atoms with E-state index in [4.69, 9.17) is 9.47 Å². The minimum absolute atomic E-state index is 0.0870. The maximum atomic E-state index is 13.8. The smallest absolute Gasteiger partial charge is 0.241 e. The van der Waals surface area contributed by atoms with Gasteiger partial charge in [0.2, 0.25) is 24.0 Å². The topological polar surface area (TPSA) is 163 Å². The Balaban J connectivity index is 1.24. The summed E-state index contributed by atoms with van der Waals surface area (Å²) in [4.78, 5) is 38.8. The van der Waals surface area contributed by atoms with Crippen LogP contribution < -0.4 is 26.0 Å². The Bertz CT molecular complexity index is 1860. The summed E-state index contributed by atoms with van der Waals surface area (Å²) in [6.07, 6.45) is 1.99. The molecule has 1 aliphatic rings. The minimum Gasteiger partial charge on any atom is -0.462 e. The maximum Gasteiger partial charge on any atom is 0.241 e. The van der Waals surface area contributed by atoms with Gasteiger partial charge in [-0.2, -0.15) is 0 Å². The Kier molecular flexibility index (Phi) is 13.4. The number of nitrogens with one attached hydrogen (secondary N) is 4. The number of aliphatic hydroxyl groups excluding tert-OH is 2. The van der Waals surface area contributed by atoms with E-state index in [9.17, 15) is 24.6 Å². The van der Waals surface area contributed by atoms with Crippen molar-refractivity contribution in [3.63, 3.8) is 0 Å². The second-order valence-electron chi connectivity index (χ2n) is 13.9. The van der Waals surface area contributed by atoms with Gasteiger partial charge in [-0.3, -0.25) is 19.7 Å². The number of carbonyl (C=O) groups excluding carboxylic acids is 3. The summed E-state index contributed by atoms with van der Waals surface area (Å²) in [6, 6.07) is 22.8. The van der Waals surface area contributed by atoms with E-state index in [0.717, 1.165) is 27.6 Å². The lowest BCUT2D eigenvalue weighted by Gasteiger charge is -2.41. The molecule has 12 nitrogen and oxygen atoms in total. The van der Waals surface area contributed by atoms with Crippen LogP contribution in [0.1, 0.15) is 44.4 Å². The van der Waals surface area contributed by atoms with E-state index in [1.807, 2.05) is 86.3 Å². The molecule has 282 valence electrons. The highest BCUT2D eigenvalue weighted by molar-refractivity contribution is 5.88. The van der Waals surface area contributed by atoms with Gasteiger partial charge in [-0.05, 0) is 66.6 Å². The van der Waals surface area contributed by atoms with Gasteiger partial charge in [0.25, 0.3) is 0 Å². The molecule has 3 amide bonds. The highest BCUT2D eigenvalue weighted by Gasteiger charge is 2.44. The number of rotatable bonds is 15. The van der Waals surface area contributed by atoms with Crippen molar-refractivity contribution in [1.82, 2.24) is 25.8 Å². The molecule has 0 spiro atoms. The number of aryl methyl sites for hydroxylation is 1. The van der Waals surface area contributed by atoms with Crippen molar-refractivity contribution >= 4 is 34.7 Å². The third kappa shape index (κ3) is 10.3. The number of nitrogens with zero attached hydrogens (tertiary/aromatic N) is 1. The summed E-state index contributed by atoms with van der Waals surface area (Å²) in [5, 5.41) is 34.1. The van der Waals surface area contributed by atoms with Crippen LogP contribution in [0.25, 0.3) is 17.0 Å². The first-order valence-electron chi connectivity index (χ1n) is 18.0. The van der Waals surface area contributed by atoms with Crippen molar-refractivity contribution in [2.75, 3.05) is 6.54 Å². The van der Waals surface area contributed by atoms with Crippen molar-refractivity contribution in [3.05, 3.63) is 108 Å². The number of hydrogen-bond acceptors (Lipinski definition) is 8. The summed E-state index contributed by atoms with van der Waals surface area (Å²) in [7, 11) is 1.97. The van der Waals surface area contributed by atoms with Crippen LogP contribution in [0, 0.1) is 5.92 Å². The van der Waals surface area contributed by atoms with Crippen LogP contribution in [0.3, 0.4) is 0 Å². The zero-order valence-electron chi connectivity index (χ0n) is 30.9. The highest BCUT2D eigenvalue weighted by Crippen LogP contribution is 2.25. The number of para-hydroxylation sites is 1. The van der Waals surface area contributed by atoms with Gasteiger partial charge in [-0.1, -0.05) is 74.5 Å². The molecule has 6 N–H and O–H groups in total. The maximum absolute atomic E-state index is 13.8. The van der Waals surface area contributed by atoms with Crippen LogP contribution in [0.5, 0.6) is 5.75 Å². The van der Waals surface area contributed by atoms with E-state index < -0.39 is 42.7 Å². The van der Waals surface area contributed by atoms with Crippen LogP contribution in [-0.4, -0.2) is 81.8 Å². The fourth-order valence-corrected chi connectivity index (χ4v) is 6.58. The Morgan fingerprint density at radius 1 is 0.943 bits per heavy atom. The Hall–Kier alpha value is -5.01. The molecule has 5 rings (SSSR count). The predicted molar refractivity (Wildman–Crippen MR) is 204 cm³/mol. The van der Waals surface area contributed by atoms with Crippen LogP contribution in [-0.2, 0) is 39.0 Å². The molecule has 1 aromatic heterocycles. The number of ether oxygens (including phenoxy) is 2. The molecule has 0 unspecified atom stereocenters. The average molecular weight is 726 g/mol. The zero-order chi connectivity index (χ0) is 38.1. The molecule has 3 aromatic carbocycles. The van der Waals surface area contributed by atoms with E-state index >= 15 is 0 Å². The summed E-state index contributed by atoms with van der Waals surface area (Å²) in [5.74, 6) is -0.479. The predicted octanol–water partition coefficient (Wildman–Crippen LogP) is 3.20. The lowest BCUT2D eigenvalue weighted by Crippen LogP contribution is -2.63. The van der Waals surface area contributed by atoms with Gasteiger partial charge in [0, 0.05) is 43.8 Å². The normalized spacial score (nSPS) is 21.3. The summed E-state index contributed by atoms with van der Waals surface area (Å²) >= 11 is 0. The van der Waals surface area contributed by atoms with Crippen molar-refractivity contribution in [3.8, 4) is 5.75 Å². The third-order valence-corrected chi connectivity index (χ3v) is 9.46. The van der Waals surface area contributed by atoms with Crippen molar-refractivity contribution in [2.24, 2.45) is 13.0 Å². The Labute approximate surface area is 310 Å². The SMILES string of the molecule is CC(=O)N[C@@H]1[C@H](O)[C@@H](O)[C@H](Oc2ccc(/C=C/NC(=O)[C@H](Cc3cn(C)c4ccccc34)N[C@@H](C(=O)NCCc3ccccc3)C(C)C)cc2)O[C@@H]1C. The lowest BCUT2D eigenvalue weighted by atomic mass is 9.97. The van der Waals surface area contributed by atoms with E-state index in [-0.39, 0.29) is 23.6 Å². The molecule has 1 aliphatic heterocycles. The van der Waals surface area contributed by atoms with Gasteiger partial charge in [0.05, 0.1) is 24.2 Å². The largest absolute Gasteiger partial charge is 0.462 e. The second-order valence-corrected chi connectivity index (χ2v) is 13.9. The average Bonchev–Trinajstić information content (AvgIpc) is 3.45. The quantitative estimate of drug-likeness (QED) is 0.109. The van der Waals surface area contributed by atoms with Gasteiger partial charge in [0.15, 0.2) is 0 Å². The Morgan fingerprint density at radius 2 is 1.64 bits per heavy atom. The van der Waals surface area contributed by atoms with Crippen molar-refractivity contribution in [1.29, 1.82) is 0 Å². The Morgan fingerprint density at radius 3 is 2.34 bits per heavy atom. The fourth-order valence-electron chi connectivity index (χ4n) is 6.58. The zero-order valence-corrected chi connectivity index (χ0v) is 30.9. The standard InChI is InChI=1S/C41H51N5O7/c1-25(2)35(40(51)43-22-19-28-11-7-6-8-12-28)45-33(23-30-24-46(5)34-14-10-9-13-32(30)34)39(50)42-21-20-29-15-17-31(18-16-29)53-41-38(49)37(48)36(26(3)52-41)44-27(4)47/h6-18,20-21,24-26,33,35-38,41,45,48-49H,19,22-23H2,1-5H3,(H,42,50)(H,43,51)(H,44,47)/b21-20+/t26-,33+,35-,36+,37+,38-,41+/m1/s1.